The van der Waals surface area contributed by atoms with Gasteiger partial charge in [-0.2, -0.15) is 0 Å². The molecule has 1 aromatic rings. The van der Waals surface area contributed by atoms with Gasteiger partial charge in [-0.15, -0.1) is 10.2 Å². The molecule has 1 N–H and O–H groups in total. The summed E-state index contributed by atoms with van der Waals surface area (Å²) in [4.78, 5) is 4.96. The van der Waals surface area contributed by atoms with Crippen LogP contribution < -0.4 is 5.32 Å². The minimum Gasteiger partial charge on any atom is -0.313 e. The van der Waals surface area contributed by atoms with Crippen LogP contribution in [0.5, 0.6) is 0 Å². The standard InChI is InChI=1S/C17H32N6/c1-15(13-22-10-8-21(2)9-11-22)18-12-17-20-19-14-23(17)16-6-4-3-5-7-16/h14-16,18H,3-13H2,1-2H3. The lowest BCUT2D eigenvalue weighted by Crippen LogP contribution is -2.48. The third-order valence-electron chi connectivity index (χ3n) is 5.35. The number of aromatic nitrogens is 3. The van der Waals surface area contributed by atoms with E-state index in [1.54, 1.807) is 0 Å². The lowest BCUT2D eigenvalue weighted by molar-refractivity contribution is 0.144. The predicted octanol–water partition coefficient (Wildman–Crippen LogP) is 1.51. The summed E-state index contributed by atoms with van der Waals surface area (Å²) in [6.07, 6.45) is 8.56. The van der Waals surface area contributed by atoms with Crippen LogP contribution in [0.25, 0.3) is 0 Å². The summed E-state index contributed by atoms with van der Waals surface area (Å²) in [7, 11) is 2.21. The van der Waals surface area contributed by atoms with Crippen molar-refractivity contribution in [3.63, 3.8) is 0 Å². The number of nitrogens with one attached hydrogen (secondary N) is 1. The number of likely N-dealkylation sites (N-methyl/N-ethyl adjacent to an activating group) is 1. The highest BCUT2D eigenvalue weighted by atomic mass is 15.3. The van der Waals surface area contributed by atoms with Gasteiger partial charge in [0.25, 0.3) is 0 Å². The van der Waals surface area contributed by atoms with Crippen molar-refractivity contribution >= 4 is 0 Å². The lowest BCUT2D eigenvalue weighted by atomic mass is 9.95. The third kappa shape index (κ3) is 4.75. The molecule has 1 atom stereocenters. The molecule has 0 bridgehead atoms. The van der Waals surface area contributed by atoms with E-state index in [1.165, 1.54) is 58.3 Å². The fraction of sp³-hybridized carbons (Fsp3) is 0.882. The summed E-state index contributed by atoms with van der Waals surface area (Å²) in [6.45, 7) is 8.95. The van der Waals surface area contributed by atoms with Crippen molar-refractivity contribution in [1.82, 2.24) is 29.9 Å². The molecule has 23 heavy (non-hydrogen) atoms. The van der Waals surface area contributed by atoms with Gasteiger partial charge in [0.15, 0.2) is 0 Å². The van der Waals surface area contributed by atoms with Gasteiger partial charge in [-0.25, -0.2) is 0 Å². The van der Waals surface area contributed by atoms with Crippen LogP contribution >= 0.6 is 0 Å². The Morgan fingerprint density at radius 3 is 2.65 bits per heavy atom. The summed E-state index contributed by atoms with van der Waals surface area (Å²) in [5.74, 6) is 1.10. The van der Waals surface area contributed by atoms with Crippen molar-refractivity contribution in [3.8, 4) is 0 Å². The topological polar surface area (TPSA) is 49.2 Å². The highest BCUT2D eigenvalue weighted by molar-refractivity contribution is 4.91. The highest BCUT2D eigenvalue weighted by Gasteiger charge is 2.19. The van der Waals surface area contributed by atoms with Gasteiger partial charge in [0.1, 0.15) is 12.2 Å². The van der Waals surface area contributed by atoms with Gasteiger partial charge < -0.3 is 14.8 Å². The molecule has 130 valence electrons. The van der Waals surface area contributed by atoms with Gasteiger partial charge in [-0.05, 0) is 26.8 Å². The van der Waals surface area contributed by atoms with E-state index in [0.29, 0.717) is 12.1 Å². The van der Waals surface area contributed by atoms with E-state index in [0.717, 1.165) is 18.9 Å². The fourth-order valence-electron chi connectivity index (χ4n) is 3.81. The Kier molecular flexibility index (Phi) is 6.02. The van der Waals surface area contributed by atoms with Crippen LogP contribution in [0.3, 0.4) is 0 Å². The summed E-state index contributed by atoms with van der Waals surface area (Å²) in [5, 5.41) is 12.2. The Balaban J connectivity index is 1.45. The second-order valence-corrected chi connectivity index (χ2v) is 7.33. The Labute approximate surface area is 140 Å². The number of rotatable bonds is 6. The van der Waals surface area contributed by atoms with Gasteiger partial charge in [-0.1, -0.05) is 19.3 Å². The van der Waals surface area contributed by atoms with Crippen LogP contribution in [0.1, 0.15) is 50.9 Å². The summed E-state index contributed by atoms with van der Waals surface area (Å²) in [6, 6.07) is 1.10. The summed E-state index contributed by atoms with van der Waals surface area (Å²) < 4.78 is 2.31. The van der Waals surface area contributed by atoms with E-state index in [-0.39, 0.29) is 0 Å². The Bertz CT molecular complexity index is 459. The zero-order chi connectivity index (χ0) is 16.1. The molecule has 1 aliphatic heterocycles. The maximum atomic E-state index is 4.35. The van der Waals surface area contributed by atoms with E-state index in [1.807, 2.05) is 6.33 Å². The first-order valence-corrected chi connectivity index (χ1v) is 9.25. The number of nitrogens with zero attached hydrogens (tertiary/aromatic N) is 5. The second-order valence-electron chi connectivity index (χ2n) is 7.33. The van der Waals surface area contributed by atoms with E-state index in [4.69, 9.17) is 0 Å². The van der Waals surface area contributed by atoms with Gasteiger partial charge in [-0.3, -0.25) is 4.90 Å². The molecule has 2 aliphatic rings. The maximum absolute atomic E-state index is 4.35. The normalized spacial score (nSPS) is 23.2. The third-order valence-corrected chi connectivity index (χ3v) is 5.35. The summed E-state index contributed by atoms with van der Waals surface area (Å²) >= 11 is 0. The van der Waals surface area contributed by atoms with Crippen LogP contribution in [-0.2, 0) is 6.54 Å². The van der Waals surface area contributed by atoms with E-state index in [2.05, 4.69) is 43.9 Å². The molecule has 6 heteroatoms. The van der Waals surface area contributed by atoms with Crippen molar-refractivity contribution in [1.29, 1.82) is 0 Å². The number of piperazine rings is 1. The van der Waals surface area contributed by atoms with Gasteiger partial charge in [0.2, 0.25) is 0 Å². The zero-order valence-corrected chi connectivity index (χ0v) is 14.7. The summed E-state index contributed by atoms with van der Waals surface area (Å²) in [5.41, 5.74) is 0. The number of hydrogen-bond acceptors (Lipinski definition) is 5. The molecule has 1 aromatic heterocycles. The molecular weight excluding hydrogens is 288 g/mol. The van der Waals surface area contributed by atoms with Crippen LogP contribution in [0.4, 0.5) is 0 Å². The van der Waals surface area contributed by atoms with Gasteiger partial charge in [0, 0.05) is 44.8 Å². The molecule has 0 spiro atoms. The van der Waals surface area contributed by atoms with Gasteiger partial charge in [0.05, 0.1) is 6.54 Å². The fourth-order valence-corrected chi connectivity index (χ4v) is 3.81. The van der Waals surface area contributed by atoms with E-state index >= 15 is 0 Å². The quantitative estimate of drug-likeness (QED) is 0.861. The predicted molar refractivity (Wildman–Crippen MR) is 92.4 cm³/mol. The molecule has 0 amide bonds. The van der Waals surface area contributed by atoms with Crippen LogP contribution in [0.15, 0.2) is 6.33 Å². The first-order chi connectivity index (χ1) is 11.2. The molecule has 3 rings (SSSR count). The van der Waals surface area contributed by atoms with E-state index < -0.39 is 0 Å². The minimum absolute atomic E-state index is 0.481. The van der Waals surface area contributed by atoms with Crippen molar-refractivity contribution in [2.75, 3.05) is 39.8 Å². The average Bonchev–Trinajstić information content (AvgIpc) is 3.04. The monoisotopic (exact) mass is 320 g/mol. The Hall–Kier alpha value is -0.980. The highest BCUT2D eigenvalue weighted by Crippen LogP contribution is 2.28. The molecule has 2 fully saturated rings. The molecule has 1 unspecified atom stereocenters. The average molecular weight is 320 g/mol. The maximum Gasteiger partial charge on any atom is 0.147 e. The minimum atomic E-state index is 0.481. The molecule has 0 aromatic carbocycles. The van der Waals surface area contributed by atoms with Crippen molar-refractivity contribution in [3.05, 3.63) is 12.2 Å². The lowest BCUT2D eigenvalue weighted by Gasteiger charge is -2.34. The molecule has 2 heterocycles. The molecule has 1 aliphatic carbocycles. The smallest absolute Gasteiger partial charge is 0.147 e. The van der Waals surface area contributed by atoms with Crippen molar-refractivity contribution in [2.45, 2.75) is 57.7 Å². The molecule has 1 saturated carbocycles. The largest absolute Gasteiger partial charge is 0.313 e. The second kappa shape index (κ2) is 8.22. The number of hydrogen-bond donors (Lipinski definition) is 1. The molecule has 0 radical (unpaired) electrons. The molecule has 6 nitrogen and oxygen atoms in total. The van der Waals surface area contributed by atoms with Gasteiger partial charge >= 0.3 is 0 Å². The molecular formula is C17H32N6. The first-order valence-electron chi connectivity index (χ1n) is 9.25. The molecule has 1 saturated heterocycles. The van der Waals surface area contributed by atoms with Crippen molar-refractivity contribution in [2.24, 2.45) is 0 Å². The van der Waals surface area contributed by atoms with Crippen molar-refractivity contribution < 1.29 is 0 Å². The zero-order valence-electron chi connectivity index (χ0n) is 14.7. The Morgan fingerprint density at radius 2 is 1.91 bits per heavy atom. The first kappa shape index (κ1) is 16.9. The van der Waals surface area contributed by atoms with E-state index in [9.17, 15) is 0 Å². The van der Waals surface area contributed by atoms with Crippen LogP contribution in [0.2, 0.25) is 0 Å². The Morgan fingerprint density at radius 1 is 1.17 bits per heavy atom. The van der Waals surface area contributed by atoms with Crippen LogP contribution in [0, 0.1) is 0 Å². The van der Waals surface area contributed by atoms with Crippen LogP contribution in [-0.4, -0.2) is 70.4 Å². The SMILES string of the molecule is CC(CN1CCN(C)CC1)NCc1nncn1C1CCCCC1.